The van der Waals surface area contributed by atoms with Crippen molar-refractivity contribution in [1.82, 2.24) is 4.90 Å². The summed E-state index contributed by atoms with van der Waals surface area (Å²) in [5.41, 5.74) is 2.51. The predicted octanol–water partition coefficient (Wildman–Crippen LogP) is 3.56. The van der Waals surface area contributed by atoms with Gasteiger partial charge in [-0.15, -0.1) is 11.3 Å². The molecule has 0 spiro atoms. The van der Waals surface area contributed by atoms with Gasteiger partial charge in [0.2, 0.25) is 5.91 Å². The molecule has 0 atom stereocenters. The molecule has 0 bridgehead atoms. The summed E-state index contributed by atoms with van der Waals surface area (Å²) in [5, 5.41) is 3.55. The molecule has 0 aliphatic carbocycles. The van der Waals surface area contributed by atoms with Gasteiger partial charge in [-0.25, -0.2) is 0 Å². The van der Waals surface area contributed by atoms with Gasteiger partial charge in [0, 0.05) is 24.6 Å². The molecular weight excluding hydrogens is 376 g/mol. The Morgan fingerprint density at radius 3 is 2.61 bits per heavy atom. The molecular formula is C21H26N2O4S. The third-order valence-corrected chi connectivity index (χ3v) is 5.88. The molecule has 1 aromatic carbocycles. The standard InChI is InChI=1S/C21H26N2O4S/c1-3-26-12-9-17(24)22-20-18(21(25)23-10-13-27-14-11-23)15(2)19(28-20)16-7-5-4-6-8-16/h4-8H,3,9-14H2,1-2H3,(H,22,24). The summed E-state index contributed by atoms with van der Waals surface area (Å²) in [6.07, 6.45) is 0.261. The van der Waals surface area contributed by atoms with Crippen molar-refractivity contribution in [2.45, 2.75) is 20.3 Å². The maximum Gasteiger partial charge on any atom is 0.257 e. The molecule has 7 heteroatoms. The van der Waals surface area contributed by atoms with Gasteiger partial charge in [-0.2, -0.15) is 0 Å². The van der Waals surface area contributed by atoms with E-state index < -0.39 is 0 Å². The van der Waals surface area contributed by atoms with Gasteiger partial charge in [-0.3, -0.25) is 9.59 Å². The second-order valence-electron chi connectivity index (χ2n) is 6.53. The van der Waals surface area contributed by atoms with Gasteiger partial charge < -0.3 is 19.7 Å². The Kier molecular flexibility index (Phi) is 7.19. The Morgan fingerprint density at radius 2 is 1.93 bits per heavy atom. The average molecular weight is 403 g/mol. The number of amides is 2. The van der Waals surface area contributed by atoms with Crippen molar-refractivity contribution < 1.29 is 19.1 Å². The third-order valence-electron chi connectivity index (χ3n) is 4.63. The third kappa shape index (κ3) is 4.79. The summed E-state index contributed by atoms with van der Waals surface area (Å²) in [6.45, 7) is 6.98. The lowest BCUT2D eigenvalue weighted by atomic mass is 10.1. The van der Waals surface area contributed by atoms with Crippen molar-refractivity contribution in [2.75, 3.05) is 44.8 Å². The van der Waals surface area contributed by atoms with Crippen LogP contribution in [0.15, 0.2) is 30.3 Å². The second-order valence-corrected chi connectivity index (χ2v) is 7.55. The minimum atomic E-state index is -0.148. The number of benzene rings is 1. The van der Waals surface area contributed by atoms with Crippen LogP contribution in [-0.4, -0.2) is 56.2 Å². The molecule has 0 saturated carbocycles. The molecule has 2 aromatic rings. The monoisotopic (exact) mass is 402 g/mol. The van der Waals surface area contributed by atoms with Gasteiger partial charge in [0.15, 0.2) is 0 Å². The van der Waals surface area contributed by atoms with Crippen molar-refractivity contribution >= 4 is 28.2 Å². The molecule has 1 saturated heterocycles. The highest BCUT2D eigenvalue weighted by Crippen LogP contribution is 2.40. The molecule has 150 valence electrons. The van der Waals surface area contributed by atoms with E-state index in [1.165, 1.54) is 11.3 Å². The molecule has 28 heavy (non-hydrogen) atoms. The summed E-state index contributed by atoms with van der Waals surface area (Å²) in [5.74, 6) is -0.204. The highest BCUT2D eigenvalue weighted by molar-refractivity contribution is 7.20. The van der Waals surface area contributed by atoms with Crippen LogP contribution in [0.25, 0.3) is 10.4 Å². The maximum absolute atomic E-state index is 13.2. The SMILES string of the molecule is CCOCCC(=O)Nc1sc(-c2ccccc2)c(C)c1C(=O)N1CCOCC1. The predicted molar refractivity (Wildman–Crippen MR) is 111 cm³/mol. The molecule has 0 radical (unpaired) electrons. The van der Waals surface area contributed by atoms with Crippen LogP contribution in [0.1, 0.15) is 29.3 Å². The van der Waals surface area contributed by atoms with Crippen molar-refractivity contribution in [2.24, 2.45) is 0 Å². The lowest BCUT2D eigenvalue weighted by Gasteiger charge is -2.27. The zero-order chi connectivity index (χ0) is 19.9. The van der Waals surface area contributed by atoms with Crippen LogP contribution < -0.4 is 5.32 Å². The molecule has 1 aliphatic rings. The number of nitrogens with zero attached hydrogens (tertiary/aromatic N) is 1. The Balaban J connectivity index is 1.91. The first-order chi connectivity index (χ1) is 13.6. The maximum atomic E-state index is 13.2. The Bertz CT molecular complexity index is 813. The first-order valence-corrected chi connectivity index (χ1v) is 10.4. The second kappa shape index (κ2) is 9.82. The van der Waals surface area contributed by atoms with E-state index in [4.69, 9.17) is 9.47 Å². The van der Waals surface area contributed by atoms with Crippen LogP contribution in [0.3, 0.4) is 0 Å². The molecule has 1 fully saturated rings. The summed E-state index contributed by atoms with van der Waals surface area (Å²) in [4.78, 5) is 28.4. The number of carbonyl (C=O) groups excluding carboxylic acids is 2. The zero-order valence-corrected chi connectivity index (χ0v) is 17.1. The van der Waals surface area contributed by atoms with Crippen LogP contribution in [0.5, 0.6) is 0 Å². The number of ether oxygens (including phenoxy) is 2. The average Bonchev–Trinajstić information content (AvgIpc) is 3.04. The minimum absolute atomic E-state index is 0.0562. The van der Waals surface area contributed by atoms with Gasteiger partial charge in [0.1, 0.15) is 5.00 Å². The molecule has 0 unspecified atom stereocenters. The van der Waals surface area contributed by atoms with E-state index in [0.29, 0.717) is 50.1 Å². The first kappa shape index (κ1) is 20.5. The van der Waals surface area contributed by atoms with E-state index in [2.05, 4.69) is 5.32 Å². The molecule has 1 aliphatic heterocycles. The lowest BCUT2D eigenvalue weighted by molar-refractivity contribution is -0.117. The van der Waals surface area contributed by atoms with Gasteiger partial charge in [-0.1, -0.05) is 30.3 Å². The summed E-state index contributed by atoms with van der Waals surface area (Å²) < 4.78 is 10.6. The summed E-state index contributed by atoms with van der Waals surface area (Å²) in [7, 11) is 0. The molecule has 1 aromatic heterocycles. The van der Waals surface area contributed by atoms with E-state index in [1.54, 1.807) is 4.90 Å². The molecule has 6 nitrogen and oxygen atoms in total. The van der Waals surface area contributed by atoms with Crippen LogP contribution in [0, 0.1) is 6.92 Å². The van der Waals surface area contributed by atoms with E-state index in [-0.39, 0.29) is 18.2 Å². The van der Waals surface area contributed by atoms with E-state index in [9.17, 15) is 9.59 Å². The molecule has 3 rings (SSSR count). The van der Waals surface area contributed by atoms with E-state index in [0.717, 1.165) is 16.0 Å². The van der Waals surface area contributed by atoms with E-state index >= 15 is 0 Å². The first-order valence-electron chi connectivity index (χ1n) is 9.55. The van der Waals surface area contributed by atoms with Gasteiger partial charge in [0.05, 0.1) is 31.8 Å². The van der Waals surface area contributed by atoms with Crippen LogP contribution in [0.2, 0.25) is 0 Å². The number of anilines is 1. The van der Waals surface area contributed by atoms with Gasteiger partial charge >= 0.3 is 0 Å². The van der Waals surface area contributed by atoms with Gasteiger partial charge in [0.25, 0.3) is 5.91 Å². The normalized spacial score (nSPS) is 14.1. The number of morpholine rings is 1. The van der Waals surface area contributed by atoms with Crippen LogP contribution >= 0.6 is 11.3 Å². The number of carbonyl (C=O) groups is 2. The summed E-state index contributed by atoms with van der Waals surface area (Å²) in [6, 6.07) is 9.93. The van der Waals surface area contributed by atoms with Crippen molar-refractivity contribution in [1.29, 1.82) is 0 Å². The molecule has 2 amide bonds. The highest BCUT2D eigenvalue weighted by atomic mass is 32.1. The largest absolute Gasteiger partial charge is 0.381 e. The molecule has 1 N–H and O–H groups in total. The van der Waals surface area contributed by atoms with Crippen LogP contribution in [0.4, 0.5) is 5.00 Å². The quantitative estimate of drug-likeness (QED) is 0.719. The van der Waals surface area contributed by atoms with Gasteiger partial charge in [-0.05, 0) is 25.0 Å². The fraction of sp³-hybridized carbons (Fsp3) is 0.429. The fourth-order valence-corrected chi connectivity index (χ4v) is 4.37. The zero-order valence-electron chi connectivity index (χ0n) is 16.3. The number of hydrogen-bond donors (Lipinski definition) is 1. The minimum Gasteiger partial charge on any atom is -0.381 e. The molecule has 2 heterocycles. The topological polar surface area (TPSA) is 67.9 Å². The Morgan fingerprint density at radius 1 is 1.21 bits per heavy atom. The lowest BCUT2D eigenvalue weighted by Crippen LogP contribution is -2.41. The number of nitrogens with one attached hydrogen (secondary N) is 1. The Labute approximate surface area is 169 Å². The fourth-order valence-electron chi connectivity index (χ4n) is 3.15. The highest BCUT2D eigenvalue weighted by Gasteiger charge is 2.27. The van der Waals surface area contributed by atoms with E-state index in [1.807, 2.05) is 44.2 Å². The van der Waals surface area contributed by atoms with Crippen LogP contribution in [-0.2, 0) is 14.3 Å². The summed E-state index contributed by atoms with van der Waals surface area (Å²) >= 11 is 1.45. The number of rotatable bonds is 7. The van der Waals surface area contributed by atoms with Crippen molar-refractivity contribution in [3.63, 3.8) is 0 Å². The Hall–Kier alpha value is -2.22. The number of hydrogen-bond acceptors (Lipinski definition) is 5. The smallest absolute Gasteiger partial charge is 0.257 e. The van der Waals surface area contributed by atoms with Crippen molar-refractivity contribution in [3.05, 3.63) is 41.5 Å². The number of thiophene rings is 1. The van der Waals surface area contributed by atoms with Crippen molar-refractivity contribution in [3.8, 4) is 10.4 Å².